The van der Waals surface area contributed by atoms with Crippen molar-refractivity contribution < 1.29 is 19.2 Å². The zero-order chi connectivity index (χ0) is 30.3. The number of amides is 4. The van der Waals surface area contributed by atoms with Gasteiger partial charge < -0.3 is 20.0 Å². The van der Waals surface area contributed by atoms with Crippen molar-refractivity contribution in [1.82, 2.24) is 34.4 Å². The Morgan fingerprint density at radius 1 is 1.05 bits per heavy atom. The van der Waals surface area contributed by atoms with E-state index in [1.54, 1.807) is 17.3 Å². The van der Waals surface area contributed by atoms with Gasteiger partial charge in [-0.15, -0.1) is 11.3 Å². The molecular formula is C31H41N7O4S. The van der Waals surface area contributed by atoms with E-state index in [9.17, 15) is 19.2 Å². The lowest BCUT2D eigenvalue weighted by molar-refractivity contribution is -0.138. The first-order valence-electron chi connectivity index (χ1n) is 15.2. The van der Waals surface area contributed by atoms with Crippen molar-refractivity contribution >= 4 is 39.9 Å². The average molecular weight is 608 g/mol. The second-order valence-corrected chi connectivity index (χ2v) is 12.8. The van der Waals surface area contributed by atoms with E-state index in [-0.39, 0.29) is 48.4 Å². The van der Waals surface area contributed by atoms with Crippen LogP contribution >= 0.6 is 11.3 Å². The smallest absolute Gasteiger partial charge is 0.242 e. The van der Waals surface area contributed by atoms with Crippen LogP contribution in [0.1, 0.15) is 57.2 Å². The molecule has 12 heteroatoms. The first-order valence-corrected chi connectivity index (χ1v) is 16.1. The summed E-state index contributed by atoms with van der Waals surface area (Å²) in [5.41, 5.74) is 1.53. The number of nitrogens with zero attached hydrogens (tertiary/aromatic N) is 6. The Bertz CT molecular complexity index is 1390. The van der Waals surface area contributed by atoms with Crippen LogP contribution in [0.2, 0.25) is 0 Å². The van der Waals surface area contributed by atoms with Gasteiger partial charge in [-0.3, -0.25) is 28.6 Å². The van der Waals surface area contributed by atoms with Gasteiger partial charge in [-0.05, 0) is 43.2 Å². The Morgan fingerprint density at radius 3 is 2.65 bits per heavy atom. The summed E-state index contributed by atoms with van der Waals surface area (Å²) in [5.74, 6) is -0.143. The highest BCUT2D eigenvalue weighted by atomic mass is 32.1. The number of aromatic nitrogens is 3. The van der Waals surface area contributed by atoms with Crippen LogP contribution in [0, 0.1) is 5.92 Å². The Hall–Kier alpha value is -3.80. The van der Waals surface area contributed by atoms with Crippen LogP contribution < -0.4 is 5.32 Å². The number of likely N-dealkylation sites (tertiary alicyclic amines) is 1. The summed E-state index contributed by atoms with van der Waals surface area (Å²) in [6.07, 6.45) is 10.4. The maximum absolute atomic E-state index is 13.6. The molecule has 0 radical (unpaired) electrons. The molecule has 2 atom stereocenters. The van der Waals surface area contributed by atoms with Crippen molar-refractivity contribution in [3.63, 3.8) is 0 Å². The van der Waals surface area contributed by atoms with Gasteiger partial charge in [0, 0.05) is 69.3 Å². The van der Waals surface area contributed by atoms with Crippen molar-refractivity contribution in [2.24, 2.45) is 5.92 Å². The SMILES string of the molecule is CC(C)CC(=O)N1CCCN(C(=O)Cc2cccnc2)CCCCNC(=O)[C@@H]2C[C@H]1CN2C(=O)Cc1cn2ccsc2n1. The fourth-order valence-corrected chi connectivity index (χ4v) is 6.72. The van der Waals surface area contributed by atoms with Crippen molar-refractivity contribution in [2.45, 2.75) is 70.9 Å². The molecule has 2 aliphatic heterocycles. The maximum Gasteiger partial charge on any atom is 0.242 e. The summed E-state index contributed by atoms with van der Waals surface area (Å²) >= 11 is 1.50. The monoisotopic (exact) mass is 607 g/mol. The lowest BCUT2D eigenvalue weighted by Crippen LogP contribution is -2.47. The van der Waals surface area contributed by atoms with E-state index in [0.29, 0.717) is 57.7 Å². The molecule has 2 bridgehead atoms. The molecule has 0 aromatic carbocycles. The normalized spacial score (nSPS) is 20.3. The third-order valence-electron chi connectivity index (χ3n) is 8.13. The number of nitrogens with one attached hydrogen (secondary N) is 1. The van der Waals surface area contributed by atoms with Crippen molar-refractivity contribution in [3.8, 4) is 0 Å². The molecule has 43 heavy (non-hydrogen) atoms. The molecule has 1 N–H and O–H groups in total. The average Bonchev–Trinajstić information content (AvgIpc) is 3.69. The van der Waals surface area contributed by atoms with Gasteiger partial charge in [0.25, 0.3) is 0 Å². The minimum absolute atomic E-state index is 0.0168. The predicted octanol–water partition coefficient (Wildman–Crippen LogP) is 2.55. The van der Waals surface area contributed by atoms with E-state index in [1.807, 2.05) is 58.0 Å². The van der Waals surface area contributed by atoms with Gasteiger partial charge in [-0.2, -0.15) is 0 Å². The molecule has 4 amide bonds. The second kappa shape index (κ2) is 14.1. The molecule has 2 aliphatic rings. The molecule has 5 rings (SSSR count). The summed E-state index contributed by atoms with van der Waals surface area (Å²) in [6.45, 7) is 6.35. The van der Waals surface area contributed by atoms with Crippen LogP contribution in [0.25, 0.3) is 4.96 Å². The van der Waals surface area contributed by atoms with E-state index in [4.69, 9.17) is 0 Å². The Balaban J connectivity index is 1.33. The Labute approximate surface area is 256 Å². The van der Waals surface area contributed by atoms with Gasteiger partial charge in [0.2, 0.25) is 23.6 Å². The fraction of sp³-hybridized carbons (Fsp3) is 0.548. The molecule has 2 saturated heterocycles. The minimum Gasteiger partial charge on any atom is -0.354 e. The van der Waals surface area contributed by atoms with Crippen LogP contribution in [0.15, 0.2) is 42.3 Å². The molecule has 0 aliphatic carbocycles. The fourth-order valence-electron chi connectivity index (χ4n) is 6.00. The van der Waals surface area contributed by atoms with E-state index < -0.39 is 6.04 Å². The van der Waals surface area contributed by atoms with Crippen LogP contribution in [-0.2, 0) is 32.0 Å². The van der Waals surface area contributed by atoms with E-state index in [1.165, 1.54) is 11.3 Å². The zero-order valence-corrected chi connectivity index (χ0v) is 25.8. The zero-order valence-electron chi connectivity index (χ0n) is 25.0. The van der Waals surface area contributed by atoms with E-state index in [0.717, 1.165) is 23.4 Å². The number of thiazole rings is 1. The topological polar surface area (TPSA) is 120 Å². The van der Waals surface area contributed by atoms with Crippen LogP contribution in [0.5, 0.6) is 0 Å². The number of hydrogen-bond acceptors (Lipinski definition) is 7. The van der Waals surface area contributed by atoms with Crippen LogP contribution in [0.4, 0.5) is 0 Å². The molecule has 3 aromatic heterocycles. The molecular weight excluding hydrogens is 566 g/mol. The summed E-state index contributed by atoms with van der Waals surface area (Å²) < 4.78 is 1.89. The molecule has 230 valence electrons. The quantitative estimate of drug-likeness (QED) is 0.460. The van der Waals surface area contributed by atoms with Crippen LogP contribution in [0.3, 0.4) is 0 Å². The van der Waals surface area contributed by atoms with Crippen LogP contribution in [-0.4, -0.2) is 97.5 Å². The van der Waals surface area contributed by atoms with E-state index in [2.05, 4.69) is 15.3 Å². The van der Waals surface area contributed by atoms with Crippen molar-refractivity contribution in [3.05, 3.63) is 53.6 Å². The second-order valence-electron chi connectivity index (χ2n) is 11.9. The highest BCUT2D eigenvalue weighted by molar-refractivity contribution is 7.15. The van der Waals surface area contributed by atoms with E-state index >= 15 is 0 Å². The predicted molar refractivity (Wildman–Crippen MR) is 163 cm³/mol. The molecule has 3 aromatic rings. The lowest BCUT2D eigenvalue weighted by Gasteiger charge is -2.31. The van der Waals surface area contributed by atoms with Gasteiger partial charge in [0.15, 0.2) is 4.96 Å². The molecule has 0 saturated carbocycles. The number of imidazole rings is 1. The molecule has 0 spiro atoms. The standard InChI is InChI=1S/C31H41N7O4S/c1-22(2)15-28(40)37-12-6-11-35(27(39)16-23-7-5-8-32-19-23)10-4-3-9-33-30(42)26-18-25(37)21-38(26)29(41)17-24-20-36-13-14-43-31(36)34-24/h5,7-8,13-14,19-20,22,25-26H,3-4,6,9-12,15-18,21H2,1-2H3,(H,33,42)/t25-,26-/m0/s1. The number of pyridine rings is 1. The number of carbonyl (C=O) groups excluding carboxylic acids is 4. The molecule has 2 fully saturated rings. The molecule has 5 heterocycles. The summed E-state index contributed by atoms with van der Waals surface area (Å²) in [4.78, 5) is 68.7. The maximum atomic E-state index is 13.6. The Kier molecular flexibility index (Phi) is 10.1. The Morgan fingerprint density at radius 2 is 1.88 bits per heavy atom. The van der Waals surface area contributed by atoms with Gasteiger partial charge in [-0.1, -0.05) is 19.9 Å². The largest absolute Gasteiger partial charge is 0.354 e. The highest BCUT2D eigenvalue weighted by Gasteiger charge is 2.43. The molecule has 11 nitrogen and oxygen atoms in total. The summed E-state index contributed by atoms with van der Waals surface area (Å²) in [6, 6.07) is 2.80. The lowest BCUT2D eigenvalue weighted by atomic mass is 10.1. The summed E-state index contributed by atoms with van der Waals surface area (Å²) in [7, 11) is 0. The highest BCUT2D eigenvalue weighted by Crippen LogP contribution is 2.26. The van der Waals surface area contributed by atoms with Crippen molar-refractivity contribution in [1.29, 1.82) is 0 Å². The number of fused-ring (bicyclic) bond motifs is 3. The number of carbonyl (C=O) groups is 4. The third-order valence-corrected chi connectivity index (χ3v) is 8.90. The van der Waals surface area contributed by atoms with Gasteiger partial charge >= 0.3 is 0 Å². The first-order chi connectivity index (χ1) is 20.8. The number of hydrogen-bond donors (Lipinski definition) is 1. The van der Waals surface area contributed by atoms with Gasteiger partial charge in [-0.25, -0.2) is 4.98 Å². The summed E-state index contributed by atoms with van der Waals surface area (Å²) in [5, 5.41) is 4.96. The number of rotatable bonds is 6. The van der Waals surface area contributed by atoms with Crippen molar-refractivity contribution in [2.75, 3.05) is 32.7 Å². The molecule has 0 unspecified atom stereocenters. The minimum atomic E-state index is -0.643. The first kappa shape index (κ1) is 30.7. The third kappa shape index (κ3) is 7.78. The van der Waals surface area contributed by atoms with Gasteiger partial charge in [0.1, 0.15) is 6.04 Å². The van der Waals surface area contributed by atoms with Gasteiger partial charge in [0.05, 0.1) is 24.6 Å².